The largest absolute Gasteiger partial charge is 0.507 e. The molecule has 7 nitrogen and oxygen atoms in total. The number of pyridine rings is 2. The minimum Gasteiger partial charge on any atom is -0.507 e. The average molecular weight is 389 g/mol. The molecule has 148 valence electrons. The van der Waals surface area contributed by atoms with Gasteiger partial charge in [0.25, 0.3) is 5.56 Å². The van der Waals surface area contributed by atoms with Crippen LogP contribution >= 0.6 is 0 Å². The Hall–Kier alpha value is -3.19. The van der Waals surface area contributed by atoms with Crippen molar-refractivity contribution in [2.24, 2.45) is 12.8 Å². The van der Waals surface area contributed by atoms with Gasteiger partial charge in [0.05, 0.1) is 22.1 Å². The predicted molar refractivity (Wildman–Crippen MR) is 113 cm³/mol. The van der Waals surface area contributed by atoms with E-state index in [1.54, 1.807) is 21.4 Å². The second-order valence-corrected chi connectivity index (χ2v) is 8.02. The van der Waals surface area contributed by atoms with Gasteiger partial charge in [0.15, 0.2) is 0 Å². The van der Waals surface area contributed by atoms with E-state index in [2.05, 4.69) is 10.1 Å². The molecule has 4 aromatic rings. The molecule has 0 amide bonds. The molecule has 1 aliphatic rings. The number of hydrogen-bond acceptors (Lipinski definition) is 5. The summed E-state index contributed by atoms with van der Waals surface area (Å²) >= 11 is 0. The number of aromatic nitrogens is 4. The van der Waals surface area contributed by atoms with Crippen LogP contribution in [-0.2, 0) is 7.05 Å². The Morgan fingerprint density at radius 2 is 2.07 bits per heavy atom. The normalized spacial score (nSPS) is 19.4. The van der Waals surface area contributed by atoms with E-state index in [1.807, 2.05) is 38.5 Å². The number of phenols is 1. The van der Waals surface area contributed by atoms with Gasteiger partial charge in [-0.05, 0) is 50.5 Å². The highest BCUT2D eigenvalue weighted by molar-refractivity contribution is 5.91. The fourth-order valence-corrected chi connectivity index (χ4v) is 4.46. The smallest absolute Gasteiger partial charge is 0.260 e. The van der Waals surface area contributed by atoms with Gasteiger partial charge < -0.3 is 15.4 Å². The van der Waals surface area contributed by atoms with E-state index in [0.717, 1.165) is 30.2 Å². The first-order chi connectivity index (χ1) is 13.9. The van der Waals surface area contributed by atoms with Crippen LogP contribution in [0.1, 0.15) is 30.9 Å². The first-order valence-electron chi connectivity index (χ1n) is 9.86. The predicted octanol–water partition coefficient (Wildman–Crippen LogP) is 3.02. The van der Waals surface area contributed by atoms with Gasteiger partial charge in [-0.25, -0.2) is 4.98 Å². The lowest BCUT2D eigenvalue weighted by atomic mass is 10.0. The summed E-state index contributed by atoms with van der Waals surface area (Å²) in [5.41, 5.74) is 9.35. The van der Waals surface area contributed by atoms with E-state index < -0.39 is 0 Å². The van der Waals surface area contributed by atoms with Crippen molar-refractivity contribution in [3.05, 3.63) is 52.6 Å². The third-order valence-electron chi connectivity index (χ3n) is 6.02. The molecule has 3 N–H and O–H groups in total. The molecule has 2 atom stereocenters. The molecule has 1 aromatic carbocycles. The van der Waals surface area contributed by atoms with E-state index in [-0.39, 0.29) is 23.4 Å². The number of benzene rings is 1. The van der Waals surface area contributed by atoms with Crippen LogP contribution in [-0.4, -0.2) is 30.5 Å². The van der Waals surface area contributed by atoms with Crippen molar-refractivity contribution in [3.8, 4) is 17.0 Å². The summed E-state index contributed by atoms with van der Waals surface area (Å²) in [5.74, 6) is 0.163. The molecule has 3 aromatic heterocycles. The molecule has 2 unspecified atom stereocenters. The number of nitrogens with zero attached hydrogens (tertiary/aromatic N) is 4. The topological polar surface area (TPSA) is 99.0 Å². The van der Waals surface area contributed by atoms with Crippen molar-refractivity contribution in [2.45, 2.75) is 38.3 Å². The van der Waals surface area contributed by atoms with Gasteiger partial charge in [-0.3, -0.25) is 9.48 Å². The van der Waals surface area contributed by atoms with Crippen LogP contribution in [0.15, 0.2) is 41.5 Å². The Labute approximate surface area is 167 Å². The molecular weight excluding hydrogens is 366 g/mol. The van der Waals surface area contributed by atoms with Crippen LogP contribution in [0.3, 0.4) is 0 Å². The second kappa shape index (κ2) is 6.42. The van der Waals surface area contributed by atoms with E-state index in [0.29, 0.717) is 27.7 Å². The average Bonchev–Trinajstić information content (AvgIpc) is 3.30. The minimum absolute atomic E-state index is 0.0382. The third-order valence-corrected chi connectivity index (χ3v) is 6.02. The molecule has 0 radical (unpaired) electrons. The zero-order valence-corrected chi connectivity index (χ0v) is 16.5. The standard InChI is InChI=1S/C22H23N5O2/c1-12-20-13(11-26(2)25-20)9-17(21(12)28)18-6-5-16-19(24-18)7-8-27(22(16)29)15-4-3-14(23)10-15/h5-9,11,14-15,28H,3-4,10,23H2,1-2H3. The SMILES string of the molecule is Cc1c(O)c(-c2ccc3c(=O)n(C4CCC(N)C4)ccc3n2)cc2cn(C)nc12. The fraction of sp³-hybridized carbons (Fsp3) is 0.318. The highest BCUT2D eigenvalue weighted by atomic mass is 16.3. The maximum Gasteiger partial charge on any atom is 0.260 e. The lowest BCUT2D eigenvalue weighted by molar-refractivity contribution is 0.474. The first kappa shape index (κ1) is 17.9. The summed E-state index contributed by atoms with van der Waals surface area (Å²) in [6.45, 7) is 1.85. The second-order valence-electron chi connectivity index (χ2n) is 8.02. The van der Waals surface area contributed by atoms with Gasteiger partial charge in [-0.15, -0.1) is 0 Å². The van der Waals surface area contributed by atoms with Crippen molar-refractivity contribution in [3.63, 3.8) is 0 Å². The van der Waals surface area contributed by atoms with Crippen molar-refractivity contribution in [2.75, 3.05) is 0 Å². The number of nitrogens with two attached hydrogens (primary N) is 1. The molecule has 0 spiro atoms. The van der Waals surface area contributed by atoms with E-state index >= 15 is 0 Å². The zero-order valence-electron chi connectivity index (χ0n) is 16.5. The lowest BCUT2D eigenvalue weighted by Crippen LogP contribution is -2.24. The quantitative estimate of drug-likeness (QED) is 0.549. The van der Waals surface area contributed by atoms with E-state index in [9.17, 15) is 9.90 Å². The number of rotatable bonds is 2. The van der Waals surface area contributed by atoms with Gasteiger partial charge in [-0.2, -0.15) is 5.10 Å². The molecule has 0 aliphatic heterocycles. The highest BCUT2D eigenvalue weighted by Crippen LogP contribution is 2.36. The lowest BCUT2D eigenvalue weighted by Gasteiger charge is -2.15. The highest BCUT2D eigenvalue weighted by Gasteiger charge is 2.24. The fourth-order valence-electron chi connectivity index (χ4n) is 4.46. The molecule has 3 heterocycles. The van der Waals surface area contributed by atoms with Gasteiger partial charge in [0.1, 0.15) is 5.75 Å². The maximum atomic E-state index is 13.0. The van der Waals surface area contributed by atoms with Crippen LogP contribution < -0.4 is 11.3 Å². The molecule has 1 aliphatic carbocycles. The van der Waals surface area contributed by atoms with Crippen LogP contribution in [0.2, 0.25) is 0 Å². The molecule has 5 rings (SSSR count). The van der Waals surface area contributed by atoms with Crippen LogP contribution in [0.5, 0.6) is 5.75 Å². The summed E-state index contributed by atoms with van der Waals surface area (Å²) in [7, 11) is 1.85. The molecule has 0 bridgehead atoms. The molecule has 1 saturated carbocycles. The van der Waals surface area contributed by atoms with Gasteiger partial charge in [0.2, 0.25) is 0 Å². The summed E-state index contributed by atoms with van der Waals surface area (Å²) in [6.07, 6.45) is 6.43. The van der Waals surface area contributed by atoms with Crippen molar-refractivity contribution in [1.82, 2.24) is 19.3 Å². The Kier molecular flexibility index (Phi) is 3.96. The summed E-state index contributed by atoms with van der Waals surface area (Å²) in [4.78, 5) is 17.7. The number of phenolic OH excluding ortho intramolecular Hbond substituents is 1. The number of aryl methyl sites for hydroxylation is 2. The zero-order chi connectivity index (χ0) is 20.3. The Balaban J connectivity index is 1.63. The maximum absolute atomic E-state index is 13.0. The molecule has 1 fully saturated rings. The first-order valence-corrected chi connectivity index (χ1v) is 9.86. The van der Waals surface area contributed by atoms with Gasteiger partial charge in [0, 0.05) is 48.0 Å². The minimum atomic E-state index is -0.0382. The summed E-state index contributed by atoms with van der Waals surface area (Å²) < 4.78 is 3.52. The molecule has 29 heavy (non-hydrogen) atoms. The van der Waals surface area contributed by atoms with Crippen LogP contribution in [0.25, 0.3) is 33.1 Å². The summed E-state index contributed by atoms with van der Waals surface area (Å²) in [5, 5.41) is 16.7. The molecule has 7 heteroatoms. The van der Waals surface area contributed by atoms with Crippen molar-refractivity contribution in [1.29, 1.82) is 0 Å². The molecular formula is C22H23N5O2. The van der Waals surface area contributed by atoms with E-state index in [4.69, 9.17) is 5.73 Å². The van der Waals surface area contributed by atoms with Gasteiger partial charge >= 0.3 is 0 Å². The monoisotopic (exact) mass is 389 g/mol. The Bertz CT molecular complexity index is 1320. The number of aromatic hydroxyl groups is 1. The third kappa shape index (κ3) is 2.81. The van der Waals surface area contributed by atoms with Gasteiger partial charge in [-0.1, -0.05) is 0 Å². The van der Waals surface area contributed by atoms with Crippen LogP contribution in [0, 0.1) is 6.92 Å². The molecule has 0 saturated heterocycles. The van der Waals surface area contributed by atoms with Crippen LogP contribution in [0.4, 0.5) is 0 Å². The number of hydrogen-bond donors (Lipinski definition) is 2. The van der Waals surface area contributed by atoms with Crippen molar-refractivity contribution < 1.29 is 5.11 Å². The number of fused-ring (bicyclic) bond motifs is 2. The summed E-state index contributed by atoms with van der Waals surface area (Å²) in [6, 6.07) is 7.67. The van der Waals surface area contributed by atoms with Crippen molar-refractivity contribution >= 4 is 21.8 Å². The van der Waals surface area contributed by atoms with E-state index in [1.165, 1.54) is 0 Å². The Morgan fingerprint density at radius 3 is 2.83 bits per heavy atom. The Morgan fingerprint density at radius 1 is 1.24 bits per heavy atom.